The smallest absolute Gasteiger partial charge is 0.144 e. The first-order chi connectivity index (χ1) is 8.60. The SMILES string of the molecule is CNCC1(CNc2cc(C)cc(C)c2OC)CC1. The highest BCUT2D eigenvalue weighted by molar-refractivity contribution is 5.61. The molecule has 0 atom stereocenters. The van der Waals surface area contributed by atoms with Gasteiger partial charge in [-0.2, -0.15) is 0 Å². The van der Waals surface area contributed by atoms with Crippen LogP contribution in [-0.4, -0.2) is 27.2 Å². The predicted octanol–water partition coefficient (Wildman–Crippen LogP) is 2.72. The molecule has 18 heavy (non-hydrogen) atoms. The van der Waals surface area contributed by atoms with Crippen molar-refractivity contribution in [3.05, 3.63) is 23.3 Å². The zero-order chi connectivity index (χ0) is 13.2. The summed E-state index contributed by atoms with van der Waals surface area (Å²) in [6, 6.07) is 4.33. The summed E-state index contributed by atoms with van der Waals surface area (Å²) in [4.78, 5) is 0. The quantitative estimate of drug-likeness (QED) is 0.812. The van der Waals surface area contributed by atoms with Crippen LogP contribution in [0.4, 0.5) is 5.69 Å². The standard InChI is InChI=1S/C15H24N2O/c1-11-7-12(2)14(18-4)13(8-11)17-10-15(5-6-15)9-16-3/h7-8,16-17H,5-6,9-10H2,1-4H3. The van der Waals surface area contributed by atoms with Crippen molar-refractivity contribution in [2.45, 2.75) is 26.7 Å². The van der Waals surface area contributed by atoms with Gasteiger partial charge in [0.15, 0.2) is 0 Å². The predicted molar refractivity (Wildman–Crippen MR) is 76.6 cm³/mol. The molecular formula is C15H24N2O. The summed E-state index contributed by atoms with van der Waals surface area (Å²) in [6.07, 6.45) is 2.63. The van der Waals surface area contributed by atoms with E-state index in [9.17, 15) is 0 Å². The lowest BCUT2D eigenvalue weighted by atomic mass is 10.1. The van der Waals surface area contributed by atoms with Gasteiger partial charge in [-0.25, -0.2) is 0 Å². The van der Waals surface area contributed by atoms with Crippen LogP contribution in [0.1, 0.15) is 24.0 Å². The number of rotatable bonds is 6. The van der Waals surface area contributed by atoms with Crippen molar-refractivity contribution < 1.29 is 4.74 Å². The summed E-state index contributed by atoms with van der Waals surface area (Å²) in [5.41, 5.74) is 4.04. The van der Waals surface area contributed by atoms with Gasteiger partial charge in [0.1, 0.15) is 5.75 Å². The van der Waals surface area contributed by atoms with Gasteiger partial charge in [-0.15, -0.1) is 0 Å². The molecule has 0 aliphatic heterocycles. The highest BCUT2D eigenvalue weighted by Crippen LogP contribution is 2.45. The lowest BCUT2D eigenvalue weighted by molar-refractivity contribution is 0.412. The first-order valence-electron chi connectivity index (χ1n) is 6.64. The van der Waals surface area contributed by atoms with Crippen molar-refractivity contribution in [1.29, 1.82) is 0 Å². The minimum atomic E-state index is 0.456. The molecule has 0 saturated heterocycles. The van der Waals surface area contributed by atoms with E-state index in [1.54, 1.807) is 7.11 Å². The van der Waals surface area contributed by atoms with Crippen LogP contribution in [0.2, 0.25) is 0 Å². The van der Waals surface area contributed by atoms with Crippen LogP contribution in [0.15, 0.2) is 12.1 Å². The Morgan fingerprint density at radius 1 is 1.22 bits per heavy atom. The Kier molecular flexibility index (Phi) is 3.81. The molecule has 1 aromatic carbocycles. The minimum Gasteiger partial charge on any atom is -0.494 e. The van der Waals surface area contributed by atoms with Crippen molar-refractivity contribution in [3.63, 3.8) is 0 Å². The zero-order valence-corrected chi connectivity index (χ0v) is 11.9. The van der Waals surface area contributed by atoms with Crippen molar-refractivity contribution in [2.24, 2.45) is 5.41 Å². The average molecular weight is 248 g/mol. The fourth-order valence-electron chi connectivity index (χ4n) is 2.61. The van der Waals surface area contributed by atoms with Crippen LogP contribution in [-0.2, 0) is 0 Å². The molecule has 0 radical (unpaired) electrons. The normalized spacial score (nSPS) is 16.4. The maximum atomic E-state index is 5.50. The van der Waals surface area contributed by atoms with Crippen LogP contribution in [0.3, 0.4) is 0 Å². The number of hydrogen-bond acceptors (Lipinski definition) is 3. The van der Waals surface area contributed by atoms with E-state index >= 15 is 0 Å². The van der Waals surface area contributed by atoms with E-state index in [1.807, 2.05) is 7.05 Å². The van der Waals surface area contributed by atoms with Crippen LogP contribution in [0, 0.1) is 19.3 Å². The summed E-state index contributed by atoms with van der Waals surface area (Å²) in [6.45, 7) is 6.33. The first-order valence-corrected chi connectivity index (χ1v) is 6.64. The second-order valence-corrected chi connectivity index (χ2v) is 5.55. The van der Waals surface area contributed by atoms with Gasteiger partial charge in [-0.3, -0.25) is 0 Å². The van der Waals surface area contributed by atoms with Gasteiger partial charge in [0.25, 0.3) is 0 Å². The van der Waals surface area contributed by atoms with Gasteiger partial charge in [-0.05, 0) is 50.9 Å². The van der Waals surface area contributed by atoms with Gasteiger partial charge in [0.05, 0.1) is 12.8 Å². The van der Waals surface area contributed by atoms with Gasteiger partial charge in [0.2, 0.25) is 0 Å². The maximum absolute atomic E-state index is 5.50. The Balaban J connectivity index is 2.09. The monoisotopic (exact) mass is 248 g/mol. The summed E-state index contributed by atoms with van der Waals surface area (Å²) in [5, 5.41) is 6.86. The lowest BCUT2D eigenvalue weighted by Crippen LogP contribution is -2.27. The van der Waals surface area contributed by atoms with E-state index in [0.29, 0.717) is 5.41 Å². The molecule has 0 aromatic heterocycles. The number of ether oxygens (including phenoxy) is 1. The van der Waals surface area contributed by atoms with Crippen molar-refractivity contribution >= 4 is 5.69 Å². The molecule has 1 fully saturated rings. The summed E-state index contributed by atoms with van der Waals surface area (Å²) >= 11 is 0. The van der Waals surface area contributed by atoms with E-state index in [1.165, 1.54) is 24.0 Å². The fraction of sp³-hybridized carbons (Fsp3) is 0.600. The Hall–Kier alpha value is -1.22. The van der Waals surface area contributed by atoms with Gasteiger partial charge in [-0.1, -0.05) is 6.07 Å². The van der Waals surface area contributed by atoms with Gasteiger partial charge >= 0.3 is 0 Å². The summed E-state index contributed by atoms with van der Waals surface area (Å²) in [5.74, 6) is 0.973. The molecule has 100 valence electrons. The Labute approximate surface area is 110 Å². The molecular weight excluding hydrogens is 224 g/mol. The second-order valence-electron chi connectivity index (χ2n) is 5.55. The first kappa shape index (κ1) is 13.2. The third kappa shape index (κ3) is 2.78. The number of benzene rings is 1. The van der Waals surface area contributed by atoms with E-state index in [0.717, 1.165) is 24.5 Å². The molecule has 3 nitrogen and oxygen atoms in total. The molecule has 0 amide bonds. The van der Waals surface area contributed by atoms with Crippen molar-refractivity contribution in [3.8, 4) is 5.75 Å². The van der Waals surface area contributed by atoms with Gasteiger partial charge in [0, 0.05) is 18.5 Å². The molecule has 0 bridgehead atoms. The number of aryl methyl sites for hydroxylation is 2. The third-order valence-corrected chi connectivity index (χ3v) is 3.79. The highest BCUT2D eigenvalue weighted by atomic mass is 16.5. The lowest BCUT2D eigenvalue weighted by Gasteiger charge is -2.19. The van der Waals surface area contributed by atoms with Crippen molar-refractivity contribution in [1.82, 2.24) is 5.32 Å². The van der Waals surface area contributed by atoms with Crippen LogP contribution >= 0.6 is 0 Å². The minimum absolute atomic E-state index is 0.456. The molecule has 1 aliphatic carbocycles. The molecule has 1 aromatic rings. The Bertz CT molecular complexity index is 425. The molecule has 1 saturated carbocycles. The second kappa shape index (κ2) is 5.19. The summed E-state index contributed by atoms with van der Waals surface area (Å²) < 4.78 is 5.50. The summed E-state index contributed by atoms with van der Waals surface area (Å²) in [7, 11) is 3.76. The Morgan fingerprint density at radius 3 is 2.50 bits per heavy atom. The molecule has 1 aliphatic rings. The maximum Gasteiger partial charge on any atom is 0.144 e. The highest BCUT2D eigenvalue weighted by Gasteiger charge is 2.41. The van der Waals surface area contributed by atoms with E-state index in [-0.39, 0.29) is 0 Å². The van der Waals surface area contributed by atoms with Crippen molar-refractivity contribution in [2.75, 3.05) is 32.6 Å². The van der Waals surface area contributed by atoms with Gasteiger partial charge < -0.3 is 15.4 Å². The largest absolute Gasteiger partial charge is 0.494 e. The topological polar surface area (TPSA) is 33.3 Å². The van der Waals surface area contributed by atoms with E-state index < -0.39 is 0 Å². The molecule has 0 heterocycles. The number of hydrogen-bond donors (Lipinski definition) is 2. The Morgan fingerprint density at radius 2 is 1.94 bits per heavy atom. The molecule has 0 spiro atoms. The molecule has 0 unspecified atom stereocenters. The molecule has 2 rings (SSSR count). The molecule has 2 N–H and O–H groups in total. The number of nitrogens with one attached hydrogen (secondary N) is 2. The van der Waals surface area contributed by atoms with E-state index in [4.69, 9.17) is 4.74 Å². The van der Waals surface area contributed by atoms with Crippen LogP contribution in [0.5, 0.6) is 5.75 Å². The van der Waals surface area contributed by atoms with Crippen LogP contribution in [0.25, 0.3) is 0 Å². The third-order valence-electron chi connectivity index (χ3n) is 3.79. The zero-order valence-electron chi connectivity index (χ0n) is 11.9. The average Bonchev–Trinajstić information content (AvgIpc) is 3.07. The number of methoxy groups -OCH3 is 1. The van der Waals surface area contributed by atoms with Crippen LogP contribution < -0.4 is 15.4 Å². The van der Waals surface area contributed by atoms with E-state index in [2.05, 4.69) is 36.6 Å². The molecule has 3 heteroatoms. The number of anilines is 1. The fourth-order valence-corrected chi connectivity index (χ4v) is 2.61.